The molecule has 2 nitrogen and oxygen atoms in total. The number of thiophene rings is 1. The van der Waals surface area contributed by atoms with Crippen LogP contribution in [0.5, 0.6) is 0 Å². The van der Waals surface area contributed by atoms with Gasteiger partial charge in [-0.05, 0) is 49.8 Å². The van der Waals surface area contributed by atoms with Crippen molar-refractivity contribution in [2.45, 2.75) is 38.9 Å². The SMILES string of the molecule is CC(N)C(c1cc(Br)cs1)N(C)C(C)C. The van der Waals surface area contributed by atoms with Crippen LogP contribution in [0, 0.1) is 0 Å². The second-order valence-corrected chi connectivity index (χ2v) is 6.09. The van der Waals surface area contributed by atoms with Crippen molar-refractivity contribution < 1.29 is 0 Å². The van der Waals surface area contributed by atoms with Crippen molar-refractivity contribution in [1.82, 2.24) is 4.90 Å². The van der Waals surface area contributed by atoms with Crippen molar-refractivity contribution in [2.24, 2.45) is 5.73 Å². The maximum atomic E-state index is 6.07. The Labute approximate surface area is 105 Å². The molecule has 2 atom stereocenters. The van der Waals surface area contributed by atoms with Gasteiger partial charge in [0.1, 0.15) is 0 Å². The van der Waals surface area contributed by atoms with Crippen LogP contribution in [0.25, 0.3) is 0 Å². The molecule has 0 aliphatic rings. The van der Waals surface area contributed by atoms with E-state index in [4.69, 9.17) is 5.73 Å². The van der Waals surface area contributed by atoms with Gasteiger partial charge in [0.15, 0.2) is 0 Å². The zero-order chi connectivity index (χ0) is 11.6. The molecule has 0 radical (unpaired) electrons. The average Bonchev–Trinajstić information content (AvgIpc) is 2.51. The molecule has 1 aromatic rings. The molecule has 0 saturated carbocycles. The zero-order valence-corrected chi connectivity index (χ0v) is 12.1. The molecule has 1 aromatic heterocycles. The standard InChI is InChI=1S/C11H19BrN2S/c1-7(2)14(4)11(8(3)13)10-5-9(12)6-15-10/h5-8,11H,13H2,1-4H3. The van der Waals surface area contributed by atoms with Gasteiger partial charge in [0.05, 0.1) is 6.04 Å². The topological polar surface area (TPSA) is 29.3 Å². The Hall–Kier alpha value is 0.1000. The summed E-state index contributed by atoms with van der Waals surface area (Å²) in [5.74, 6) is 0. The minimum absolute atomic E-state index is 0.142. The molecule has 86 valence electrons. The highest BCUT2D eigenvalue weighted by atomic mass is 79.9. The summed E-state index contributed by atoms with van der Waals surface area (Å²) in [5, 5.41) is 2.11. The first-order chi connectivity index (χ1) is 6.93. The van der Waals surface area contributed by atoms with Gasteiger partial charge in [-0.1, -0.05) is 0 Å². The lowest BCUT2D eigenvalue weighted by molar-refractivity contribution is 0.178. The molecule has 1 heterocycles. The summed E-state index contributed by atoms with van der Waals surface area (Å²) in [7, 11) is 2.13. The van der Waals surface area contributed by atoms with Crippen LogP contribution >= 0.6 is 27.3 Å². The third kappa shape index (κ3) is 3.28. The molecule has 15 heavy (non-hydrogen) atoms. The van der Waals surface area contributed by atoms with E-state index in [-0.39, 0.29) is 6.04 Å². The predicted molar refractivity (Wildman–Crippen MR) is 71.3 cm³/mol. The second-order valence-electron chi connectivity index (χ2n) is 4.23. The third-order valence-electron chi connectivity index (χ3n) is 2.63. The molecule has 0 fully saturated rings. The van der Waals surface area contributed by atoms with Gasteiger partial charge in [0, 0.05) is 26.8 Å². The van der Waals surface area contributed by atoms with Crippen LogP contribution in [0.4, 0.5) is 0 Å². The fourth-order valence-electron chi connectivity index (χ4n) is 1.64. The van der Waals surface area contributed by atoms with Crippen LogP contribution in [0.15, 0.2) is 15.9 Å². The largest absolute Gasteiger partial charge is 0.326 e. The summed E-state index contributed by atoms with van der Waals surface area (Å²) in [6.07, 6.45) is 0. The van der Waals surface area contributed by atoms with E-state index in [1.165, 1.54) is 4.88 Å². The summed E-state index contributed by atoms with van der Waals surface area (Å²) < 4.78 is 1.14. The van der Waals surface area contributed by atoms with Crippen molar-refractivity contribution in [1.29, 1.82) is 0 Å². The molecule has 0 amide bonds. The van der Waals surface area contributed by atoms with Crippen molar-refractivity contribution >= 4 is 27.3 Å². The molecular formula is C11H19BrN2S. The van der Waals surface area contributed by atoms with E-state index in [0.29, 0.717) is 12.1 Å². The number of hydrogen-bond acceptors (Lipinski definition) is 3. The Kier molecular flexibility index (Phi) is 4.77. The molecule has 4 heteroatoms. The molecule has 0 aliphatic heterocycles. The monoisotopic (exact) mass is 290 g/mol. The lowest BCUT2D eigenvalue weighted by Gasteiger charge is -2.33. The normalized spacial score (nSPS) is 16.0. The number of nitrogens with two attached hydrogens (primary N) is 1. The van der Waals surface area contributed by atoms with Crippen molar-refractivity contribution in [3.05, 3.63) is 20.8 Å². The van der Waals surface area contributed by atoms with E-state index in [1.807, 2.05) is 0 Å². The molecule has 0 aromatic carbocycles. The van der Waals surface area contributed by atoms with Crippen molar-refractivity contribution in [2.75, 3.05) is 7.05 Å². The summed E-state index contributed by atoms with van der Waals surface area (Å²) in [6, 6.07) is 3.11. The summed E-state index contributed by atoms with van der Waals surface area (Å²) in [5.41, 5.74) is 6.07. The van der Waals surface area contributed by atoms with Gasteiger partial charge in [-0.3, -0.25) is 4.90 Å². The molecule has 0 saturated heterocycles. The number of likely N-dealkylation sites (N-methyl/N-ethyl adjacent to an activating group) is 1. The molecule has 1 rings (SSSR count). The lowest BCUT2D eigenvalue weighted by atomic mass is 10.1. The van der Waals surface area contributed by atoms with Gasteiger partial charge in [-0.15, -0.1) is 11.3 Å². The van der Waals surface area contributed by atoms with E-state index in [2.05, 4.69) is 60.1 Å². The molecule has 0 aliphatic carbocycles. The van der Waals surface area contributed by atoms with Crippen molar-refractivity contribution in [3.63, 3.8) is 0 Å². The minimum Gasteiger partial charge on any atom is -0.326 e. The summed E-state index contributed by atoms with van der Waals surface area (Å²) in [4.78, 5) is 3.65. The van der Waals surface area contributed by atoms with Gasteiger partial charge in [-0.2, -0.15) is 0 Å². The number of hydrogen-bond donors (Lipinski definition) is 1. The van der Waals surface area contributed by atoms with Crippen LogP contribution < -0.4 is 5.73 Å². The maximum absolute atomic E-state index is 6.07. The number of nitrogens with zero attached hydrogens (tertiary/aromatic N) is 1. The summed E-state index contributed by atoms with van der Waals surface area (Å²) >= 11 is 5.25. The first-order valence-electron chi connectivity index (χ1n) is 5.15. The Balaban J connectivity index is 2.93. The van der Waals surface area contributed by atoms with Crippen LogP contribution in [-0.4, -0.2) is 24.0 Å². The first kappa shape index (κ1) is 13.2. The second kappa shape index (κ2) is 5.43. The molecule has 2 unspecified atom stereocenters. The van der Waals surface area contributed by atoms with E-state index in [1.54, 1.807) is 11.3 Å². The number of rotatable bonds is 4. The van der Waals surface area contributed by atoms with Crippen LogP contribution in [-0.2, 0) is 0 Å². The minimum atomic E-state index is 0.142. The third-order valence-corrected chi connectivity index (χ3v) is 4.39. The highest BCUT2D eigenvalue weighted by Crippen LogP contribution is 2.31. The van der Waals surface area contributed by atoms with Crippen molar-refractivity contribution in [3.8, 4) is 0 Å². The van der Waals surface area contributed by atoms with Crippen LogP contribution in [0.1, 0.15) is 31.7 Å². The smallest absolute Gasteiger partial charge is 0.0590 e. The zero-order valence-electron chi connectivity index (χ0n) is 9.70. The Morgan fingerprint density at radius 1 is 1.40 bits per heavy atom. The molecule has 0 bridgehead atoms. The van der Waals surface area contributed by atoms with E-state index >= 15 is 0 Å². The molecular weight excluding hydrogens is 272 g/mol. The molecule has 0 spiro atoms. The molecule has 2 N–H and O–H groups in total. The lowest BCUT2D eigenvalue weighted by Crippen LogP contribution is -2.40. The van der Waals surface area contributed by atoms with Gasteiger partial charge in [0.2, 0.25) is 0 Å². The number of halogens is 1. The van der Waals surface area contributed by atoms with E-state index in [0.717, 1.165) is 4.47 Å². The highest BCUT2D eigenvalue weighted by Gasteiger charge is 2.24. The highest BCUT2D eigenvalue weighted by molar-refractivity contribution is 9.10. The first-order valence-corrected chi connectivity index (χ1v) is 6.82. The van der Waals surface area contributed by atoms with E-state index in [9.17, 15) is 0 Å². The van der Waals surface area contributed by atoms with Crippen LogP contribution in [0.3, 0.4) is 0 Å². The fourth-order valence-corrected chi connectivity index (χ4v) is 3.35. The average molecular weight is 291 g/mol. The fraction of sp³-hybridized carbons (Fsp3) is 0.636. The van der Waals surface area contributed by atoms with Gasteiger partial charge in [-0.25, -0.2) is 0 Å². The maximum Gasteiger partial charge on any atom is 0.0590 e. The Bertz CT molecular complexity index is 309. The van der Waals surface area contributed by atoms with E-state index < -0.39 is 0 Å². The quantitative estimate of drug-likeness (QED) is 0.922. The summed E-state index contributed by atoms with van der Waals surface area (Å²) in [6.45, 7) is 6.45. The Morgan fingerprint density at radius 2 is 2.00 bits per heavy atom. The van der Waals surface area contributed by atoms with Gasteiger partial charge < -0.3 is 5.73 Å². The van der Waals surface area contributed by atoms with Gasteiger partial charge in [0.25, 0.3) is 0 Å². The van der Waals surface area contributed by atoms with Crippen LogP contribution in [0.2, 0.25) is 0 Å². The Morgan fingerprint density at radius 3 is 2.33 bits per heavy atom. The van der Waals surface area contributed by atoms with Gasteiger partial charge >= 0.3 is 0 Å². The predicted octanol–water partition coefficient (Wildman–Crippen LogP) is 3.24.